The Bertz CT molecular complexity index is 573. The lowest BCUT2D eigenvalue weighted by molar-refractivity contribution is 0.102. The molecule has 92 valence electrons. The average molecular weight is 243 g/mol. The molecule has 0 unspecified atom stereocenters. The summed E-state index contributed by atoms with van der Waals surface area (Å²) in [5.41, 5.74) is 7.49. The van der Waals surface area contributed by atoms with Gasteiger partial charge in [-0.25, -0.2) is 4.98 Å². The molecule has 6 heteroatoms. The van der Waals surface area contributed by atoms with Gasteiger partial charge >= 0.3 is 0 Å². The molecule has 0 aliphatic heterocycles. The molecule has 0 aromatic carbocycles. The molecule has 1 saturated carbocycles. The van der Waals surface area contributed by atoms with E-state index in [2.05, 4.69) is 20.5 Å². The van der Waals surface area contributed by atoms with Crippen molar-refractivity contribution in [3.63, 3.8) is 0 Å². The van der Waals surface area contributed by atoms with Crippen molar-refractivity contribution < 1.29 is 4.79 Å². The number of aromatic nitrogens is 3. The quantitative estimate of drug-likeness (QED) is 0.761. The Kier molecular flexibility index (Phi) is 2.47. The van der Waals surface area contributed by atoms with Gasteiger partial charge in [0.05, 0.1) is 11.4 Å². The lowest BCUT2D eigenvalue weighted by Gasteiger charge is -2.02. The van der Waals surface area contributed by atoms with Gasteiger partial charge in [0.15, 0.2) is 5.69 Å². The monoisotopic (exact) mass is 243 g/mol. The second kappa shape index (κ2) is 4.14. The topological polar surface area (TPSA) is 96.7 Å². The molecule has 1 aliphatic carbocycles. The smallest absolute Gasteiger partial charge is 0.279 e. The molecule has 1 amide bonds. The number of anilines is 2. The molecular formula is C12H13N5O. The third kappa shape index (κ3) is 1.92. The van der Waals surface area contributed by atoms with E-state index >= 15 is 0 Å². The van der Waals surface area contributed by atoms with Crippen LogP contribution in [0.3, 0.4) is 0 Å². The zero-order valence-corrected chi connectivity index (χ0v) is 9.68. The maximum atomic E-state index is 12.0. The van der Waals surface area contributed by atoms with Crippen LogP contribution in [0.25, 0.3) is 0 Å². The van der Waals surface area contributed by atoms with Gasteiger partial charge in [0.2, 0.25) is 0 Å². The van der Waals surface area contributed by atoms with Crippen LogP contribution in [0.5, 0.6) is 0 Å². The highest BCUT2D eigenvalue weighted by molar-refractivity contribution is 6.06. The number of pyridine rings is 1. The molecule has 0 radical (unpaired) electrons. The number of rotatable bonds is 3. The Balaban J connectivity index is 1.80. The first-order valence-corrected chi connectivity index (χ1v) is 5.82. The molecule has 6 nitrogen and oxygen atoms in total. The molecule has 2 heterocycles. The molecule has 3 rings (SSSR count). The fraction of sp³-hybridized carbons (Fsp3) is 0.250. The molecule has 0 bridgehead atoms. The number of H-pyrrole nitrogens is 1. The summed E-state index contributed by atoms with van der Waals surface area (Å²) < 4.78 is 0. The van der Waals surface area contributed by atoms with Gasteiger partial charge in [0.1, 0.15) is 5.82 Å². The van der Waals surface area contributed by atoms with E-state index in [0.717, 1.165) is 18.5 Å². The second-order valence-corrected chi connectivity index (χ2v) is 4.34. The van der Waals surface area contributed by atoms with Gasteiger partial charge in [-0.2, -0.15) is 5.10 Å². The minimum atomic E-state index is -0.339. The molecule has 0 saturated heterocycles. The average Bonchev–Trinajstić information content (AvgIpc) is 3.14. The molecule has 1 fully saturated rings. The highest BCUT2D eigenvalue weighted by Gasteiger charge is 2.30. The van der Waals surface area contributed by atoms with Crippen LogP contribution >= 0.6 is 0 Å². The Morgan fingerprint density at radius 3 is 2.94 bits per heavy atom. The van der Waals surface area contributed by atoms with Crippen molar-refractivity contribution in [2.45, 2.75) is 18.8 Å². The summed E-state index contributed by atoms with van der Waals surface area (Å²) in [6.07, 6.45) is 3.82. The zero-order chi connectivity index (χ0) is 12.5. The summed E-state index contributed by atoms with van der Waals surface area (Å²) in [5, 5.41) is 9.49. The van der Waals surface area contributed by atoms with Gasteiger partial charge in [-0.3, -0.25) is 9.89 Å². The number of hydrogen-bond acceptors (Lipinski definition) is 4. The van der Waals surface area contributed by atoms with Crippen LogP contribution in [0.4, 0.5) is 11.5 Å². The highest BCUT2D eigenvalue weighted by Crippen LogP contribution is 2.42. The number of nitrogens with one attached hydrogen (secondary N) is 2. The molecule has 1 aliphatic rings. The predicted molar refractivity (Wildman–Crippen MR) is 67.2 cm³/mol. The van der Waals surface area contributed by atoms with Gasteiger partial charge in [0, 0.05) is 12.1 Å². The fourth-order valence-corrected chi connectivity index (χ4v) is 1.83. The standard InChI is InChI=1S/C12H13N5O/c13-9-10(7-4-5-7)16-17-11(9)12(18)15-8-3-1-2-6-14-8/h1-3,6-7H,4-5,13H2,(H,16,17)(H,14,15,18). The van der Waals surface area contributed by atoms with Crippen LogP contribution in [0.1, 0.15) is 34.9 Å². The number of amides is 1. The number of carbonyl (C=O) groups is 1. The Labute approximate surface area is 104 Å². The maximum absolute atomic E-state index is 12.0. The fourth-order valence-electron chi connectivity index (χ4n) is 1.83. The Morgan fingerprint density at radius 1 is 1.44 bits per heavy atom. The van der Waals surface area contributed by atoms with Crippen LogP contribution in [-0.2, 0) is 0 Å². The van der Waals surface area contributed by atoms with Crippen molar-refractivity contribution in [1.29, 1.82) is 0 Å². The van der Waals surface area contributed by atoms with Crippen molar-refractivity contribution in [2.75, 3.05) is 11.1 Å². The van der Waals surface area contributed by atoms with Gasteiger partial charge in [-0.15, -0.1) is 0 Å². The molecule has 0 atom stereocenters. The minimum Gasteiger partial charge on any atom is -0.395 e. The van der Waals surface area contributed by atoms with Crippen LogP contribution in [-0.4, -0.2) is 21.1 Å². The third-order valence-electron chi connectivity index (χ3n) is 2.94. The molecule has 4 N–H and O–H groups in total. The van der Waals surface area contributed by atoms with E-state index in [1.54, 1.807) is 24.4 Å². The summed E-state index contributed by atoms with van der Waals surface area (Å²) in [5.74, 6) is 0.584. The zero-order valence-electron chi connectivity index (χ0n) is 9.68. The summed E-state index contributed by atoms with van der Waals surface area (Å²) in [6, 6.07) is 5.29. The first-order valence-electron chi connectivity index (χ1n) is 5.82. The second-order valence-electron chi connectivity index (χ2n) is 4.34. The van der Waals surface area contributed by atoms with Crippen LogP contribution < -0.4 is 11.1 Å². The van der Waals surface area contributed by atoms with E-state index in [1.165, 1.54) is 0 Å². The van der Waals surface area contributed by atoms with E-state index in [4.69, 9.17) is 5.73 Å². The molecule has 18 heavy (non-hydrogen) atoms. The lowest BCUT2D eigenvalue weighted by Crippen LogP contribution is -2.15. The number of nitrogens with two attached hydrogens (primary N) is 1. The van der Waals surface area contributed by atoms with E-state index in [9.17, 15) is 4.79 Å². The Hall–Kier alpha value is -2.37. The van der Waals surface area contributed by atoms with Crippen molar-refractivity contribution >= 4 is 17.4 Å². The number of carbonyl (C=O) groups excluding carboxylic acids is 1. The van der Waals surface area contributed by atoms with Crippen molar-refractivity contribution in [2.24, 2.45) is 0 Å². The summed E-state index contributed by atoms with van der Waals surface area (Å²) >= 11 is 0. The van der Waals surface area contributed by atoms with Gasteiger partial charge in [-0.1, -0.05) is 6.07 Å². The predicted octanol–water partition coefficient (Wildman–Crippen LogP) is 1.52. The SMILES string of the molecule is Nc1c(C(=O)Nc2ccccn2)n[nH]c1C1CC1. The van der Waals surface area contributed by atoms with Crippen LogP contribution in [0, 0.1) is 0 Å². The minimum absolute atomic E-state index is 0.238. The summed E-state index contributed by atoms with van der Waals surface area (Å²) in [7, 11) is 0. The van der Waals surface area contributed by atoms with Crippen LogP contribution in [0.15, 0.2) is 24.4 Å². The van der Waals surface area contributed by atoms with E-state index in [-0.39, 0.29) is 11.6 Å². The van der Waals surface area contributed by atoms with Gasteiger partial charge < -0.3 is 11.1 Å². The Morgan fingerprint density at radius 2 is 2.28 bits per heavy atom. The van der Waals surface area contributed by atoms with E-state index in [0.29, 0.717) is 17.4 Å². The molecule has 2 aromatic rings. The first-order chi connectivity index (χ1) is 8.75. The maximum Gasteiger partial charge on any atom is 0.279 e. The van der Waals surface area contributed by atoms with Gasteiger partial charge in [0.25, 0.3) is 5.91 Å². The molecular weight excluding hydrogens is 230 g/mol. The number of aromatic amines is 1. The largest absolute Gasteiger partial charge is 0.395 e. The van der Waals surface area contributed by atoms with Crippen LogP contribution in [0.2, 0.25) is 0 Å². The molecule has 2 aromatic heterocycles. The lowest BCUT2D eigenvalue weighted by atomic mass is 10.2. The summed E-state index contributed by atoms with van der Waals surface area (Å²) in [4.78, 5) is 16.0. The highest BCUT2D eigenvalue weighted by atomic mass is 16.2. The number of nitrogens with zero attached hydrogens (tertiary/aromatic N) is 2. The third-order valence-corrected chi connectivity index (χ3v) is 2.94. The van der Waals surface area contributed by atoms with Crippen molar-refractivity contribution in [1.82, 2.24) is 15.2 Å². The van der Waals surface area contributed by atoms with E-state index < -0.39 is 0 Å². The first kappa shape index (κ1) is 10.8. The van der Waals surface area contributed by atoms with E-state index in [1.807, 2.05) is 0 Å². The number of nitrogen functional groups attached to an aromatic ring is 1. The summed E-state index contributed by atoms with van der Waals surface area (Å²) in [6.45, 7) is 0. The number of hydrogen-bond donors (Lipinski definition) is 3. The van der Waals surface area contributed by atoms with Crippen molar-refractivity contribution in [3.8, 4) is 0 Å². The molecule has 0 spiro atoms. The van der Waals surface area contributed by atoms with Gasteiger partial charge in [-0.05, 0) is 25.0 Å². The normalized spacial score (nSPS) is 14.4. The van der Waals surface area contributed by atoms with Crippen molar-refractivity contribution in [3.05, 3.63) is 35.8 Å².